The summed E-state index contributed by atoms with van der Waals surface area (Å²) < 4.78 is 16.0. The molecule has 0 aromatic heterocycles. The Labute approximate surface area is 175 Å². The Bertz CT molecular complexity index is 850. The van der Waals surface area contributed by atoms with Crippen LogP contribution in [0, 0.1) is 12.3 Å². The van der Waals surface area contributed by atoms with Crippen molar-refractivity contribution >= 4 is 29.2 Å². The zero-order valence-electron chi connectivity index (χ0n) is 17.8. The zero-order valence-corrected chi connectivity index (χ0v) is 17.8. The van der Waals surface area contributed by atoms with Crippen LogP contribution >= 0.6 is 0 Å². The average Bonchev–Trinajstić information content (AvgIpc) is 3.04. The first kappa shape index (κ1) is 22.2. The molecule has 9 nitrogen and oxygen atoms in total. The fourth-order valence-electron chi connectivity index (χ4n) is 3.61. The van der Waals surface area contributed by atoms with E-state index in [0.29, 0.717) is 18.8 Å². The summed E-state index contributed by atoms with van der Waals surface area (Å²) in [5.74, 6) is -1.39. The van der Waals surface area contributed by atoms with Crippen LogP contribution in [-0.4, -0.2) is 56.0 Å². The number of carbonyl (C=O) groups excluding carboxylic acids is 3. The molecule has 2 amide bonds. The first-order valence-electron chi connectivity index (χ1n) is 9.95. The number of nitrogens with two attached hydrogens (primary N) is 1. The number of benzene rings is 1. The highest BCUT2D eigenvalue weighted by Crippen LogP contribution is 2.37. The third-order valence-electron chi connectivity index (χ3n) is 5.18. The number of anilines is 2. The molecule has 2 aliphatic heterocycles. The van der Waals surface area contributed by atoms with Gasteiger partial charge in [0.25, 0.3) is 5.91 Å². The number of amides is 2. The molecule has 9 heteroatoms. The molecular formula is C21H29N3O6. The lowest BCUT2D eigenvalue weighted by Crippen LogP contribution is -2.54. The van der Waals surface area contributed by atoms with Crippen molar-refractivity contribution < 1.29 is 28.6 Å². The second kappa shape index (κ2) is 8.33. The van der Waals surface area contributed by atoms with E-state index in [-0.39, 0.29) is 25.5 Å². The van der Waals surface area contributed by atoms with Crippen LogP contribution in [0.15, 0.2) is 18.2 Å². The summed E-state index contributed by atoms with van der Waals surface area (Å²) in [6.07, 6.45) is -0.965. The normalized spacial score (nSPS) is 24.6. The van der Waals surface area contributed by atoms with E-state index in [4.69, 9.17) is 19.9 Å². The van der Waals surface area contributed by atoms with E-state index in [9.17, 15) is 14.4 Å². The molecule has 164 valence electrons. The quantitative estimate of drug-likeness (QED) is 0.558. The molecular weight excluding hydrogens is 390 g/mol. The Morgan fingerprint density at radius 1 is 1.30 bits per heavy atom. The summed E-state index contributed by atoms with van der Waals surface area (Å²) in [5.41, 5.74) is 5.67. The van der Waals surface area contributed by atoms with Gasteiger partial charge in [-0.3, -0.25) is 14.4 Å². The molecule has 0 spiro atoms. The number of ether oxygens (including phenoxy) is 3. The van der Waals surface area contributed by atoms with Crippen molar-refractivity contribution in [3.63, 3.8) is 0 Å². The largest absolute Gasteiger partial charge is 0.459 e. The van der Waals surface area contributed by atoms with Crippen LogP contribution in [0.4, 0.5) is 11.4 Å². The first-order valence-corrected chi connectivity index (χ1v) is 9.95. The fraction of sp³-hybridized carbons (Fsp3) is 0.571. The highest BCUT2D eigenvalue weighted by atomic mass is 16.6. The molecule has 0 bridgehead atoms. The van der Waals surface area contributed by atoms with Crippen LogP contribution in [0.3, 0.4) is 0 Å². The van der Waals surface area contributed by atoms with Gasteiger partial charge in [0.1, 0.15) is 18.4 Å². The van der Waals surface area contributed by atoms with E-state index in [1.54, 1.807) is 43.9 Å². The van der Waals surface area contributed by atoms with Crippen molar-refractivity contribution in [1.29, 1.82) is 0 Å². The van der Waals surface area contributed by atoms with Crippen LogP contribution < -0.4 is 16.0 Å². The van der Waals surface area contributed by atoms with Gasteiger partial charge in [-0.2, -0.15) is 0 Å². The van der Waals surface area contributed by atoms with Crippen molar-refractivity contribution in [2.45, 2.75) is 45.9 Å². The summed E-state index contributed by atoms with van der Waals surface area (Å²) >= 11 is 0. The molecule has 0 radical (unpaired) electrons. The van der Waals surface area contributed by atoms with Gasteiger partial charge in [-0.25, -0.2) is 0 Å². The number of aryl methyl sites for hydroxylation is 1. The zero-order chi connectivity index (χ0) is 22.1. The van der Waals surface area contributed by atoms with Crippen LogP contribution in [-0.2, 0) is 28.6 Å². The van der Waals surface area contributed by atoms with Crippen LogP contribution in [0.25, 0.3) is 0 Å². The van der Waals surface area contributed by atoms with Crippen molar-refractivity contribution in [2.24, 2.45) is 11.1 Å². The number of nitrogens with zero attached hydrogens (tertiary/aromatic N) is 1. The molecule has 2 heterocycles. The van der Waals surface area contributed by atoms with Crippen molar-refractivity contribution in [3.8, 4) is 0 Å². The minimum atomic E-state index is -1.62. The smallest absolute Gasteiger partial charge is 0.326 e. The van der Waals surface area contributed by atoms with Gasteiger partial charge in [0.2, 0.25) is 5.91 Å². The Morgan fingerprint density at radius 2 is 2.03 bits per heavy atom. The number of esters is 1. The standard InChI is InChI=1S/C21H29N3O6/c1-13-11-14(5-6-15(13)24-8-10-28-12-16(24)25)23-18(26)21(7-9-29-17(21)22)19(27)30-20(2,3)4/h5-6,11,17H,7-10,12,22H2,1-4H3,(H,23,26). The number of hydrogen-bond donors (Lipinski definition) is 2. The fourth-order valence-corrected chi connectivity index (χ4v) is 3.61. The van der Waals surface area contributed by atoms with E-state index in [0.717, 1.165) is 11.3 Å². The maximum atomic E-state index is 13.2. The molecule has 3 rings (SSSR count). The molecule has 2 fully saturated rings. The van der Waals surface area contributed by atoms with Gasteiger partial charge in [-0.15, -0.1) is 0 Å². The van der Waals surface area contributed by atoms with Crippen LogP contribution in [0.2, 0.25) is 0 Å². The van der Waals surface area contributed by atoms with Crippen molar-refractivity contribution in [3.05, 3.63) is 23.8 Å². The monoisotopic (exact) mass is 419 g/mol. The summed E-state index contributed by atoms with van der Waals surface area (Å²) in [6, 6.07) is 5.20. The van der Waals surface area contributed by atoms with Crippen molar-refractivity contribution in [2.75, 3.05) is 36.6 Å². The SMILES string of the molecule is Cc1cc(NC(=O)C2(C(=O)OC(C)(C)C)CCOC2N)ccc1N1CCOCC1=O. The van der Waals surface area contributed by atoms with Crippen LogP contribution in [0.1, 0.15) is 32.8 Å². The van der Waals surface area contributed by atoms with Gasteiger partial charge in [0, 0.05) is 17.9 Å². The predicted octanol–water partition coefficient (Wildman–Crippen LogP) is 1.33. The van der Waals surface area contributed by atoms with Crippen molar-refractivity contribution in [1.82, 2.24) is 0 Å². The number of nitrogens with one attached hydrogen (secondary N) is 1. The summed E-state index contributed by atoms with van der Waals surface area (Å²) in [7, 11) is 0. The lowest BCUT2D eigenvalue weighted by atomic mass is 9.83. The van der Waals surface area contributed by atoms with Crippen LogP contribution in [0.5, 0.6) is 0 Å². The van der Waals surface area contributed by atoms with Gasteiger partial charge in [0.05, 0.1) is 13.2 Å². The van der Waals surface area contributed by atoms with E-state index >= 15 is 0 Å². The highest BCUT2D eigenvalue weighted by molar-refractivity contribution is 6.10. The van der Waals surface area contributed by atoms with E-state index < -0.39 is 29.1 Å². The third kappa shape index (κ3) is 4.33. The lowest BCUT2D eigenvalue weighted by molar-refractivity contribution is -0.173. The second-order valence-corrected chi connectivity index (χ2v) is 8.57. The molecule has 2 saturated heterocycles. The van der Waals surface area contributed by atoms with Gasteiger partial charge in [0.15, 0.2) is 5.41 Å². The van der Waals surface area contributed by atoms with E-state index in [1.807, 2.05) is 6.92 Å². The average molecular weight is 419 g/mol. The maximum absolute atomic E-state index is 13.2. The molecule has 3 N–H and O–H groups in total. The Kier molecular flexibility index (Phi) is 6.16. The molecule has 0 saturated carbocycles. The number of rotatable bonds is 4. The first-order chi connectivity index (χ1) is 14.0. The van der Waals surface area contributed by atoms with E-state index in [1.165, 1.54) is 0 Å². The molecule has 30 heavy (non-hydrogen) atoms. The van der Waals surface area contributed by atoms with Gasteiger partial charge in [-0.05, 0) is 57.9 Å². The summed E-state index contributed by atoms with van der Waals surface area (Å²) in [5, 5.41) is 2.78. The summed E-state index contributed by atoms with van der Waals surface area (Å²) in [6.45, 7) is 8.22. The number of morpholine rings is 1. The van der Waals surface area contributed by atoms with Gasteiger partial charge < -0.3 is 30.2 Å². The highest BCUT2D eigenvalue weighted by Gasteiger charge is 2.57. The summed E-state index contributed by atoms with van der Waals surface area (Å²) in [4.78, 5) is 39.8. The Balaban J connectivity index is 1.82. The topological polar surface area (TPSA) is 120 Å². The van der Waals surface area contributed by atoms with Gasteiger partial charge >= 0.3 is 5.97 Å². The Morgan fingerprint density at radius 3 is 2.60 bits per heavy atom. The Hall–Kier alpha value is -2.49. The van der Waals surface area contributed by atoms with Gasteiger partial charge in [-0.1, -0.05) is 0 Å². The molecule has 1 aromatic rings. The second-order valence-electron chi connectivity index (χ2n) is 8.57. The third-order valence-corrected chi connectivity index (χ3v) is 5.18. The number of hydrogen-bond acceptors (Lipinski definition) is 7. The molecule has 2 aliphatic rings. The molecule has 0 aliphatic carbocycles. The molecule has 1 aromatic carbocycles. The lowest BCUT2D eigenvalue weighted by Gasteiger charge is -2.32. The minimum Gasteiger partial charge on any atom is -0.459 e. The minimum absolute atomic E-state index is 0.0498. The van der Waals surface area contributed by atoms with E-state index in [2.05, 4.69) is 5.32 Å². The molecule has 2 atom stereocenters. The molecule has 2 unspecified atom stereocenters. The number of carbonyl (C=O) groups is 3. The maximum Gasteiger partial charge on any atom is 0.326 e. The predicted molar refractivity (Wildman–Crippen MR) is 110 cm³/mol.